The van der Waals surface area contributed by atoms with Crippen LogP contribution in [0.4, 0.5) is 5.69 Å². The van der Waals surface area contributed by atoms with E-state index in [2.05, 4.69) is 43.6 Å². The first kappa shape index (κ1) is 19.9. The van der Waals surface area contributed by atoms with Crippen molar-refractivity contribution in [2.24, 2.45) is 7.05 Å². The van der Waals surface area contributed by atoms with Crippen molar-refractivity contribution in [1.82, 2.24) is 14.8 Å². The summed E-state index contributed by atoms with van der Waals surface area (Å²) in [5.74, 6) is 0.993. The number of hydrogen-bond donors (Lipinski definition) is 1. The summed E-state index contributed by atoms with van der Waals surface area (Å²) in [5.41, 5.74) is 1.85. The fourth-order valence-electron chi connectivity index (χ4n) is 2.50. The summed E-state index contributed by atoms with van der Waals surface area (Å²) in [4.78, 5) is 12.2. The molecule has 0 aliphatic heterocycles. The fourth-order valence-corrected chi connectivity index (χ4v) is 3.95. The smallest absolute Gasteiger partial charge is 0.234 e. The Balaban J connectivity index is 1.53. The maximum atomic E-state index is 12.2. The molecule has 1 N–H and O–H groups in total. The van der Waals surface area contributed by atoms with Crippen LogP contribution in [0.2, 0.25) is 5.02 Å². The third-order valence-electron chi connectivity index (χ3n) is 3.94. The van der Waals surface area contributed by atoms with Crippen molar-refractivity contribution in [3.63, 3.8) is 0 Å². The average molecular weight is 466 g/mol. The molecule has 1 heterocycles. The largest absolute Gasteiger partial charge is 0.324 e. The van der Waals surface area contributed by atoms with Crippen LogP contribution >= 0.6 is 39.3 Å². The number of benzene rings is 2. The molecule has 1 amide bonds. The summed E-state index contributed by atoms with van der Waals surface area (Å²) in [6.07, 6.45) is 1.70. The topological polar surface area (TPSA) is 59.8 Å². The number of aryl methyl sites for hydroxylation is 2. The Hall–Kier alpha value is -1.83. The zero-order chi connectivity index (χ0) is 19.2. The van der Waals surface area contributed by atoms with E-state index in [0.29, 0.717) is 10.7 Å². The number of carbonyl (C=O) groups is 1. The van der Waals surface area contributed by atoms with Crippen molar-refractivity contribution < 1.29 is 4.79 Å². The molecule has 0 unspecified atom stereocenters. The molecule has 0 aliphatic rings. The lowest BCUT2D eigenvalue weighted by Gasteiger charge is -2.07. The second kappa shape index (κ2) is 9.39. The Bertz CT molecular complexity index is 933. The van der Waals surface area contributed by atoms with Crippen LogP contribution in [-0.4, -0.2) is 26.4 Å². The zero-order valence-corrected chi connectivity index (χ0v) is 17.8. The van der Waals surface area contributed by atoms with Gasteiger partial charge in [-0.1, -0.05) is 69.6 Å². The number of halogens is 2. The average Bonchev–Trinajstić information content (AvgIpc) is 3.01. The number of hydrogen-bond acceptors (Lipinski definition) is 4. The molecule has 0 saturated carbocycles. The minimum atomic E-state index is -0.141. The lowest BCUT2D eigenvalue weighted by molar-refractivity contribution is -0.113. The summed E-state index contributed by atoms with van der Waals surface area (Å²) in [7, 11) is 1.92. The van der Waals surface area contributed by atoms with Gasteiger partial charge in [0, 0.05) is 17.9 Å². The molecule has 8 heteroatoms. The van der Waals surface area contributed by atoms with Gasteiger partial charge < -0.3 is 9.88 Å². The molecule has 0 bridgehead atoms. The molecule has 0 saturated heterocycles. The highest BCUT2D eigenvalue weighted by atomic mass is 79.9. The summed E-state index contributed by atoms with van der Waals surface area (Å²) in [5, 5.41) is 12.5. The van der Waals surface area contributed by atoms with Crippen molar-refractivity contribution in [3.05, 3.63) is 69.4 Å². The van der Waals surface area contributed by atoms with Crippen molar-refractivity contribution in [1.29, 1.82) is 0 Å². The van der Waals surface area contributed by atoms with Gasteiger partial charge in [-0.3, -0.25) is 4.79 Å². The molecular weight excluding hydrogens is 448 g/mol. The first-order chi connectivity index (χ1) is 13.0. The van der Waals surface area contributed by atoms with E-state index in [-0.39, 0.29) is 11.7 Å². The Morgan fingerprint density at radius 1 is 1.19 bits per heavy atom. The molecule has 2 aromatic carbocycles. The molecule has 140 valence electrons. The molecule has 27 heavy (non-hydrogen) atoms. The normalized spacial score (nSPS) is 10.8. The summed E-state index contributed by atoms with van der Waals surface area (Å²) in [6.45, 7) is 0. The van der Waals surface area contributed by atoms with Gasteiger partial charge in [0.1, 0.15) is 5.82 Å². The highest BCUT2D eigenvalue weighted by Crippen LogP contribution is 2.26. The number of aromatic nitrogens is 3. The zero-order valence-electron chi connectivity index (χ0n) is 14.7. The third-order valence-corrected chi connectivity index (χ3v) is 5.77. The SMILES string of the molecule is Cn1c(CCc2ccccc2)nnc1SCC(=O)Nc1ccc(Br)cc1Cl. The van der Waals surface area contributed by atoms with E-state index in [9.17, 15) is 4.79 Å². The molecule has 0 radical (unpaired) electrons. The van der Waals surface area contributed by atoms with Gasteiger partial charge in [0.2, 0.25) is 5.91 Å². The van der Waals surface area contributed by atoms with Gasteiger partial charge in [0.15, 0.2) is 5.16 Å². The minimum Gasteiger partial charge on any atom is -0.324 e. The quantitative estimate of drug-likeness (QED) is 0.512. The molecule has 3 aromatic rings. The van der Waals surface area contributed by atoms with Crippen LogP contribution in [0.1, 0.15) is 11.4 Å². The number of nitrogens with zero attached hydrogens (tertiary/aromatic N) is 3. The van der Waals surface area contributed by atoms with Crippen LogP contribution in [0.5, 0.6) is 0 Å². The van der Waals surface area contributed by atoms with Crippen LogP contribution < -0.4 is 5.32 Å². The van der Waals surface area contributed by atoms with E-state index in [4.69, 9.17) is 11.6 Å². The first-order valence-corrected chi connectivity index (χ1v) is 10.5. The van der Waals surface area contributed by atoms with E-state index in [1.807, 2.05) is 35.9 Å². The lowest BCUT2D eigenvalue weighted by Crippen LogP contribution is -2.14. The van der Waals surface area contributed by atoms with Crippen LogP contribution in [0.15, 0.2) is 58.2 Å². The molecular formula is C19H18BrClN4OS. The Morgan fingerprint density at radius 3 is 2.70 bits per heavy atom. The Morgan fingerprint density at radius 2 is 1.96 bits per heavy atom. The van der Waals surface area contributed by atoms with Gasteiger partial charge in [0.25, 0.3) is 0 Å². The highest BCUT2D eigenvalue weighted by molar-refractivity contribution is 9.10. The molecule has 3 rings (SSSR count). The Kier molecular flexibility index (Phi) is 6.93. The highest BCUT2D eigenvalue weighted by Gasteiger charge is 2.12. The van der Waals surface area contributed by atoms with Gasteiger partial charge in [-0.25, -0.2) is 0 Å². The minimum absolute atomic E-state index is 0.141. The maximum absolute atomic E-state index is 12.2. The van der Waals surface area contributed by atoms with Crippen molar-refractivity contribution in [2.75, 3.05) is 11.1 Å². The second-order valence-corrected chi connectivity index (χ2v) is 8.17. The van der Waals surface area contributed by atoms with E-state index in [1.54, 1.807) is 12.1 Å². The van der Waals surface area contributed by atoms with Crippen molar-refractivity contribution >= 4 is 50.9 Å². The monoisotopic (exact) mass is 464 g/mol. The van der Waals surface area contributed by atoms with Gasteiger partial charge in [-0.15, -0.1) is 10.2 Å². The lowest BCUT2D eigenvalue weighted by atomic mass is 10.1. The number of thioether (sulfide) groups is 1. The van der Waals surface area contributed by atoms with Crippen LogP contribution in [0, 0.1) is 0 Å². The van der Waals surface area contributed by atoms with E-state index >= 15 is 0 Å². The summed E-state index contributed by atoms with van der Waals surface area (Å²) >= 11 is 10.8. The van der Waals surface area contributed by atoms with E-state index in [0.717, 1.165) is 28.3 Å². The number of carbonyl (C=O) groups excluding carboxylic acids is 1. The maximum Gasteiger partial charge on any atom is 0.234 e. The predicted molar refractivity (Wildman–Crippen MR) is 113 cm³/mol. The fraction of sp³-hybridized carbons (Fsp3) is 0.211. The summed E-state index contributed by atoms with van der Waals surface area (Å²) < 4.78 is 2.80. The van der Waals surface area contributed by atoms with E-state index < -0.39 is 0 Å². The van der Waals surface area contributed by atoms with Gasteiger partial charge in [-0.05, 0) is 30.2 Å². The van der Waals surface area contributed by atoms with Crippen LogP contribution in [-0.2, 0) is 24.7 Å². The van der Waals surface area contributed by atoms with Gasteiger partial charge in [-0.2, -0.15) is 0 Å². The third kappa shape index (κ3) is 5.57. The molecule has 1 aromatic heterocycles. The second-order valence-electron chi connectivity index (χ2n) is 5.90. The van der Waals surface area contributed by atoms with Crippen molar-refractivity contribution in [3.8, 4) is 0 Å². The molecule has 0 spiro atoms. The number of rotatable bonds is 7. The van der Waals surface area contributed by atoms with E-state index in [1.165, 1.54) is 17.3 Å². The molecule has 0 fully saturated rings. The summed E-state index contributed by atoms with van der Waals surface area (Å²) in [6, 6.07) is 15.6. The van der Waals surface area contributed by atoms with Crippen molar-refractivity contribution in [2.45, 2.75) is 18.0 Å². The first-order valence-electron chi connectivity index (χ1n) is 8.33. The Labute approximate surface area is 175 Å². The molecule has 5 nitrogen and oxygen atoms in total. The van der Waals surface area contributed by atoms with Gasteiger partial charge in [0.05, 0.1) is 16.5 Å². The van der Waals surface area contributed by atoms with Crippen LogP contribution in [0.25, 0.3) is 0 Å². The molecule has 0 aliphatic carbocycles. The number of anilines is 1. The number of nitrogens with one attached hydrogen (secondary N) is 1. The van der Waals surface area contributed by atoms with Gasteiger partial charge >= 0.3 is 0 Å². The predicted octanol–water partition coefficient (Wildman–Crippen LogP) is 4.75. The number of amides is 1. The standard InChI is InChI=1S/C19H18BrClN4OS/c1-25-17(10-7-13-5-3-2-4-6-13)23-24-19(25)27-12-18(26)22-16-9-8-14(20)11-15(16)21/h2-6,8-9,11H,7,10,12H2,1H3,(H,22,26). The van der Waals surface area contributed by atoms with Crippen LogP contribution in [0.3, 0.4) is 0 Å². The molecule has 0 atom stereocenters.